The molecule has 0 amide bonds. The average Bonchev–Trinajstić information content (AvgIpc) is 2.68. The molecule has 2 aromatic carbocycles. The van der Waals surface area contributed by atoms with Gasteiger partial charge in [0.1, 0.15) is 5.82 Å². The summed E-state index contributed by atoms with van der Waals surface area (Å²) < 4.78 is 39.8. The lowest BCUT2D eigenvalue weighted by molar-refractivity contribution is -0.137. The van der Waals surface area contributed by atoms with Gasteiger partial charge in [-0.3, -0.25) is 5.43 Å². The summed E-state index contributed by atoms with van der Waals surface area (Å²) in [7, 11) is 3.31. The fourth-order valence-electron chi connectivity index (χ4n) is 2.53. The summed E-state index contributed by atoms with van der Waals surface area (Å²) in [5, 5.41) is 4.17. The second-order valence-corrected chi connectivity index (χ2v) is 6.35. The van der Waals surface area contributed by atoms with Gasteiger partial charge in [0.05, 0.1) is 23.2 Å². The van der Waals surface area contributed by atoms with Crippen LogP contribution >= 0.6 is 0 Å². The van der Waals surface area contributed by atoms with Crippen molar-refractivity contribution in [1.29, 1.82) is 0 Å². The van der Waals surface area contributed by atoms with Crippen molar-refractivity contribution in [2.45, 2.75) is 6.18 Å². The normalized spacial score (nSPS) is 11.6. The molecular weight excluding hydrogens is 365 g/mol. The van der Waals surface area contributed by atoms with Gasteiger partial charge in [0.25, 0.3) is 0 Å². The molecule has 144 valence electrons. The van der Waals surface area contributed by atoms with E-state index < -0.39 is 11.7 Å². The van der Waals surface area contributed by atoms with E-state index in [2.05, 4.69) is 15.5 Å². The average molecular weight is 384 g/mol. The molecular formula is C21H19F3N4. The Morgan fingerprint density at radius 3 is 2.39 bits per heavy atom. The number of nitrogens with one attached hydrogen (secondary N) is 1. The third-order valence-corrected chi connectivity index (χ3v) is 3.96. The first-order chi connectivity index (χ1) is 13.3. The second kappa shape index (κ2) is 8.12. The number of hydrogen-bond donors (Lipinski definition) is 1. The van der Waals surface area contributed by atoms with Gasteiger partial charge >= 0.3 is 6.18 Å². The third kappa shape index (κ3) is 4.88. The molecule has 0 aliphatic rings. The van der Waals surface area contributed by atoms with Crippen molar-refractivity contribution in [2.24, 2.45) is 5.10 Å². The number of hydrogen-bond acceptors (Lipinski definition) is 4. The van der Waals surface area contributed by atoms with Gasteiger partial charge in [0, 0.05) is 19.7 Å². The lowest BCUT2D eigenvalue weighted by Crippen LogP contribution is -2.14. The van der Waals surface area contributed by atoms with E-state index in [1.165, 1.54) is 0 Å². The van der Waals surface area contributed by atoms with Crippen molar-refractivity contribution in [2.75, 3.05) is 24.4 Å². The summed E-state index contributed by atoms with van der Waals surface area (Å²) in [5.41, 5.74) is 4.59. The van der Waals surface area contributed by atoms with Gasteiger partial charge in [-0.25, -0.2) is 4.98 Å². The van der Waals surface area contributed by atoms with Crippen LogP contribution in [0.3, 0.4) is 0 Å². The lowest BCUT2D eigenvalue weighted by Gasteiger charge is -2.16. The van der Waals surface area contributed by atoms with Crippen LogP contribution in [0.1, 0.15) is 11.1 Å². The highest BCUT2D eigenvalue weighted by Crippen LogP contribution is 2.34. The fraction of sp³-hybridized carbons (Fsp3) is 0.143. The maximum Gasteiger partial charge on any atom is 0.416 e. The van der Waals surface area contributed by atoms with Crippen molar-refractivity contribution in [3.05, 3.63) is 77.9 Å². The van der Waals surface area contributed by atoms with Crippen LogP contribution < -0.4 is 10.3 Å². The van der Waals surface area contributed by atoms with Crippen LogP contribution in [0.25, 0.3) is 11.3 Å². The fourth-order valence-corrected chi connectivity index (χ4v) is 2.53. The second-order valence-electron chi connectivity index (χ2n) is 6.35. The number of alkyl halides is 3. The summed E-state index contributed by atoms with van der Waals surface area (Å²) in [6, 6.07) is 18.6. The number of pyridine rings is 1. The van der Waals surface area contributed by atoms with Crippen molar-refractivity contribution < 1.29 is 13.2 Å². The van der Waals surface area contributed by atoms with Gasteiger partial charge < -0.3 is 4.90 Å². The number of hydrazone groups is 1. The molecule has 4 nitrogen and oxygen atoms in total. The Bertz CT molecular complexity index is 967. The van der Waals surface area contributed by atoms with Crippen LogP contribution in [0.15, 0.2) is 71.8 Å². The number of anilines is 2. The molecule has 0 fully saturated rings. The van der Waals surface area contributed by atoms with Gasteiger partial charge in [-0.1, -0.05) is 36.4 Å². The molecule has 1 N–H and O–H groups in total. The Labute approximate surface area is 161 Å². The molecule has 0 aliphatic heterocycles. The van der Waals surface area contributed by atoms with Gasteiger partial charge in [0.15, 0.2) is 0 Å². The van der Waals surface area contributed by atoms with E-state index in [1.54, 1.807) is 43.4 Å². The molecule has 7 heteroatoms. The molecule has 0 spiro atoms. The van der Waals surface area contributed by atoms with Gasteiger partial charge in [-0.15, -0.1) is 0 Å². The van der Waals surface area contributed by atoms with E-state index in [4.69, 9.17) is 0 Å². The molecule has 0 unspecified atom stereocenters. The number of nitrogens with zero attached hydrogens (tertiary/aromatic N) is 3. The third-order valence-electron chi connectivity index (χ3n) is 3.96. The molecule has 3 aromatic rings. The Balaban J connectivity index is 1.90. The molecule has 0 radical (unpaired) electrons. The van der Waals surface area contributed by atoms with Gasteiger partial charge in [-0.05, 0) is 35.9 Å². The molecule has 0 saturated carbocycles. The van der Waals surface area contributed by atoms with E-state index in [0.717, 1.165) is 23.4 Å². The summed E-state index contributed by atoms with van der Waals surface area (Å²) in [6.07, 6.45) is -2.84. The quantitative estimate of drug-likeness (QED) is 0.481. The van der Waals surface area contributed by atoms with E-state index >= 15 is 0 Å². The highest BCUT2D eigenvalue weighted by Gasteiger charge is 2.32. The summed E-state index contributed by atoms with van der Waals surface area (Å²) in [6.45, 7) is 0. The largest absolute Gasteiger partial charge is 0.416 e. The van der Waals surface area contributed by atoms with Crippen LogP contribution in [0.5, 0.6) is 0 Å². The van der Waals surface area contributed by atoms with Crippen LogP contribution in [0.2, 0.25) is 0 Å². The molecule has 1 heterocycles. The lowest BCUT2D eigenvalue weighted by atomic mass is 10.1. The molecule has 0 saturated heterocycles. The number of halogens is 3. The first-order valence-corrected chi connectivity index (χ1v) is 8.54. The maximum atomic E-state index is 13.3. The highest BCUT2D eigenvalue weighted by atomic mass is 19.4. The number of para-hydroxylation sites is 1. The zero-order chi connectivity index (χ0) is 20.1. The van der Waals surface area contributed by atoms with Crippen LogP contribution in [-0.2, 0) is 6.18 Å². The van der Waals surface area contributed by atoms with E-state index in [1.807, 2.05) is 36.4 Å². The minimum Gasteiger partial charge on any atom is -0.363 e. The first kappa shape index (κ1) is 19.4. The first-order valence-electron chi connectivity index (χ1n) is 8.54. The summed E-state index contributed by atoms with van der Waals surface area (Å²) in [5.74, 6) is 0.245. The maximum absolute atomic E-state index is 13.3. The zero-order valence-corrected chi connectivity index (χ0v) is 15.4. The minimum atomic E-state index is -4.44. The van der Waals surface area contributed by atoms with Crippen molar-refractivity contribution in [3.63, 3.8) is 0 Å². The number of rotatable bonds is 5. The van der Waals surface area contributed by atoms with Crippen LogP contribution in [-0.4, -0.2) is 25.3 Å². The van der Waals surface area contributed by atoms with Gasteiger partial charge in [-0.2, -0.15) is 18.3 Å². The number of aromatic nitrogens is 1. The molecule has 0 atom stereocenters. The van der Waals surface area contributed by atoms with Crippen LogP contribution in [0, 0.1) is 0 Å². The number of benzene rings is 2. The standard InChI is InChI=1S/C21H19F3N4/c1-28(2)20-13-17(21(22,23)24)12-19(26-20)16-8-6-7-15(11-16)14-25-27-18-9-4-3-5-10-18/h3-14,27H,1-2H3. The van der Waals surface area contributed by atoms with E-state index in [-0.39, 0.29) is 11.5 Å². The van der Waals surface area contributed by atoms with Crippen molar-refractivity contribution >= 4 is 17.7 Å². The minimum absolute atomic E-state index is 0.245. The monoisotopic (exact) mass is 384 g/mol. The molecule has 0 aliphatic carbocycles. The van der Waals surface area contributed by atoms with E-state index in [9.17, 15) is 13.2 Å². The summed E-state index contributed by atoms with van der Waals surface area (Å²) in [4.78, 5) is 5.90. The molecule has 0 bridgehead atoms. The highest BCUT2D eigenvalue weighted by molar-refractivity contribution is 5.82. The van der Waals surface area contributed by atoms with Crippen molar-refractivity contribution in [1.82, 2.24) is 4.98 Å². The van der Waals surface area contributed by atoms with Gasteiger partial charge in [0.2, 0.25) is 0 Å². The predicted octanol–water partition coefficient (Wildman–Crippen LogP) is 5.28. The Morgan fingerprint density at radius 1 is 0.964 bits per heavy atom. The Morgan fingerprint density at radius 2 is 1.71 bits per heavy atom. The Kier molecular flexibility index (Phi) is 5.63. The van der Waals surface area contributed by atoms with Crippen LogP contribution in [0.4, 0.5) is 24.7 Å². The smallest absolute Gasteiger partial charge is 0.363 e. The molecule has 3 rings (SSSR count). The van der Waals surface area contributed by atoms with Crippen molar-refractivity contribution in [3.8, 4) is 11.3 Å². The molecule has 1 aromatic heterocycles. The SMILES string of the molecule is CN(C)c1cc(C(F)(F)F)cc(-c2cccc(C=NNc3ccccc3)c2)n1. The Hall–Kier alpha value is -3.35. The predicted molar refractivity (Wildman–Crippen MR) is 107 cm³/mol. The molecule has 28 heavy (non-hydrogen) atoms. The zero-order valence-electron chi connectivity index (χ0n) is 15.4. The summed E-state index contributed by atoms with van der Waals surface area (Å²) >= 11 is 0. The van der Waals surface area contributed by atoms with E-state index in [0.29, 0.717) is 5.56 Å². The topological polar surface area (TPSA) is 40.5 Å².